The second-order valence-corrected chi connectivity index (χ2v) is 11.0. The van der Waals surface area contributed by atoms with Crippen molar-refractivity contribution in [3.63, 3.8) is 0 Å². The highest BCUT2D eigenvalue weighted by molar-refractivity contribution is 7.99. The van der Waals surface area contributed by atoms with Crippen molar-refractivity contribution in [2.45, 2.75) is 113 Å². The molecular formula is C25H48O3S. The number of ether oxygens (including phenoxy) is 1. The molecule has 2 unspecified atom stereocenters. The molecule has 0 bridgehead atoms. The van der Waals surface area contributed by atoms with Gasteiger partial charge in [0, 0.05) is 5.41 Å². The summed E-state index contributed by atoms with van der Waals surface area (Å²) >= 11 is 1.86. The average molecular weight is 429 g/mol. The van der Waals surface area contributed by atoms with Gasteiger partial charge in [0.05, 0.1) is 6.61 Å². The summed E-state index contributed by atoms with van der Waals surface area (Å²) in [4.78, 5) is 24.6. The first kappa shape index (κ1) is 28.5. The van der Waals surface area contributed by atoms with E-state index in [9.17, 15) is 9.59 Å². The highest BCUT2D eigenvalue weighted by Gasteiger charge is 2.29. The second kappa shape index (κ2) is 15.3. The number of rotatable bonds is 18. The third kappa shape index (κ3) is 13.4. The lowest BCUT2D eigenvalue weighted by atomic mass is 9.83. The van der Waals surface area contributed by atoms with E-state index < -0.39 is 5.92 Å². The zero-order chi connectivity index (χ0) is 22.3. The normalized spacial score (nSPS) is 15.0. The van der Waals surface area contributed by atoms with E-state index in [1.165, 1.54) is 51.9 Å². The Balaban J connectivity index is 4.46. The monoisotopic (exact) mass is 428 g/mol. The minimum Gasteiger partial charge on any atom is -0.465 e. The molecule has 0 aromatic rings. The molecule has 29 heavy (non-hydrogen) atoms. The standard InChI is InChI=1S/C25H48O3S/c1-8-11-13-14-17-25(7,10-3)19-28-23(27)22(21(4)26)15-18-29-20-24(5,6)16-12-9-2/h22H,8-20H2,1-7H3. The molecule has 0 saturated heterocycles. The van der Waals surface area contributed by atoms with Crippen LogP contribution in [-0.4, -0.2) is 29.9 Å². The lowest BCUT2D eigenvalue weighted by Gasteiger charge is -2.28. The minimum atomic E-state index is -0.609. The quantitative estimate of drug-likeness (QED) is 0.129. The zero-order valence-electron chi connectivity index (χ0n) is 20.4. The number of carbonyl (C=O) groups is 2. The van der Waals surface area contributed by atoms with Crippen LogP contribution in [0.5, 0.6) is 0 Å². The number of Topliss-reactive ketones (excluding diaryl/α,β-unsaturated/α-hetero) is 1. The van der Waals surface area contributed by atoms with E-state index in [4.69, 9.17) is 4.74 Å². The van der Waals surface area contributed by atoms with E-state index in [0.717, 1.165) is 24.3 Å². The Bertz CT molecular complexity index is 461. The first-order chi connectivity index (χ1) is 13.6. The molecule has 0 fully saturated rings. The molecule has 0 aromatic carbocycles. The number of hydrogen-bond donors (Lipinski definition) is 0. The van der Waals surface area contributed by atoms with Crippen LogP contribution in [-0.2, 0) is 14.3 Å². The first-order valence-corrected chi connectivity index (χ1v) is 13.0. The van der Waals surface area contributed by atoms with Crippen molar-refractivity contribution in [1.82, 2.24) is 0 Å². The van der Waals surface area contributed by atoms with Crippen LogP contribution >= 0.6 is 11.8 Å². The van der Waals surface area contributed by atoms with Gasteiger partial charge in [0.2, 0.25) is 0 Å². The summed E-state index contributed by atoms with van der Waals surface area (Å²) in [7, 11) is 0. The summed E-state index contributed by atoms with van der Waals surface area (Å²) in [6, 6.07) is 0. The van der Waals surface area contributed by atoms with Crippen LogP contribution in [0.15, 0.2) is 0 Å². The third-order valence-electron chi connectivity index (χ3n) is 6.08. The molecule has 0 saturated carbocycles. The predicted molar refractivity (Wildman–Crippen MR) is 128 cm³/mol. The predicted octanol–water partition coefficient (Wildman–Crippen LogP) is 7.46. The summed E-state index contributed by atoms with van der Waals surface area (Å²) in [5.41, 5.74) is 0.330. The molecule has 172 valence electrons. The maximum atomic E-state index is 12.6. The van der Waals surface area contributed by atoms with Gasteiger partial charge in [-0.2, -0.15) is 11.8 Å². The molecule has 0 N–H and O–H groups in total. The van der Waals surface area contributed by atoms with E-state index in [-0.39, 0.29) is 17.2 Å². The molecule has 0 spiro atoms. The number of thioether (sulfide) groups is 1. The van der Waals surface area contributed by atoms with Crippen LogP contribution in [0.3, 0.4) is 0 Å². The molecule has 2 atom stereocenters. The topological polar surface area (TPSA) is 43.4 Å². The summed E-state index contributed by atoms with van der Waals surface area (Å²) in [6.07, 6.45) is 11.3. The third-order valence-corrected chi connectivity index (χ3v) is 7.59. The minimum absolute atomic E-state index is 0.0167. The Hall–Kier alpha value is -0.510. The number of esters is 1. The Morgan fingerprint density at radius 2 is 1.59 bits per heavy atom. The maximum absolute atomic E-state index is 12.6. The number of hydrogen-bond acceptors (Lipinski definition) is 4. The van der Waals surface area contributed by atoms with Crippen LogP contribution < -0.4 is 0 Å². The van der Waals surface area contributed by atoms with Crippen molar-refractivity contribution >= 4 is 23.5 Å². The highest BCUT2D eigenvalue weighted by Crippen LogP contribution is 2.31. The van der Waals surface area contributed by atoms with Crippen LogP contribution in [0.25, 0.3) is 0 Å². The Morgan fingerprint density at radius 1 is 0.931 bits per heavy atom. The Labute approximate surface area is 185 Å². The van der Waals surface area contributed by atoms with Gasteiger partial charge in [-0.05, 0) is 49.5 Å². The van der Waals surface area contributed by atoms with Gasteiger partial charge in [0.25, 0.3) is 0 Å². The molecule has 0 radical (unpaired) electrons. The van der Waals surface area contributed by atoms with Crippen LogP contribution in [0.1, 0.15) is 113 Å². The molecule has 0 rings (SSSR count). The molecule has 4 heteroatoms. The van der Waals surface area contributed by atoms with Crippen molar-refractivity contribution in [3.05, 3.63) is 0 Å². The molecule has 0 amide bonds. The molecule has 3 nitrogen and oxygen atoms in total. The average Bonchev–Trinajstić information content (AvgIpc) is 2.67. The van der Waals surface area contributed by atoms with Gasteiger partial charge in [-0.25, -0.2) is 0 Å². The molecule has 0 aliphatic heterocycles. The van der Waals surface area contributed by atoms with Gasteiger partial charge >= 0.3 is 5.97 Å². The van der Waals surface area contributed by atoms with Gasteiger partial charge in [-0.1, -0.05) is 80.1 Å². The van der Waals surface area contributed by atoms with E-state index >= 15 is 0 Å². The number of carbonyl (C=O) groups excluding carboxylic acids is 2. The lowest BCUT2D eigenvalue weighted by Crippen LogP contribution is -2.30. The van der Waals surface area contributed by atoms with E-state index in [1.54, 1.807) is 0 Å². The fourth-order valence-electron chi connectivity index (χ4n) is 3.44. The number of ketones is 1. The highest BCUT2D eigenvalue weighted by atomic mass is 32.2. The first-order valence-electron chi connectivity index (χ1n) is 11.9. The van der Waals surface area contributed by atoms with Crippen molar-refractivity contribution in [1.29, 1.82) is 0 Å². The molecule has 0 heterocycles. The Kier molecular flexibility index (Phi) is 15.0. The fraction of sp³-hybridized carbons (Fsp3) is 0.920. The largest absolute Gasteiger partial charge is 0.465 e. The van der Waals surface area contributed by atoms with Gasteiger partial charge in [-0.15, -0.1) is 0 Å². The van der Waals surface area contributed by atoms with Crippen molar-refractivity contribution < 1.29 is 14.3 Å². The maximum Gasteiger partial charge on any atom is 0.316 e. The van der Waals surface area contributed by atoms with Crippen molar-refractivity contribution in [3.8, 4) is 0 Å². The summed E-state index contributed by atoms with van der Waals surface area (Å²) < 4.78 is 5.66. The SMILES string of the molecule is CCCCCCC(C)(CC)COC(=O)C(CCSCC(C)(C)CCCC)C(C)=O. The van der Waals surface area contributed by atoms with Gasteiger partial charge < -0.3 is 4.74 Å². The summed E-state index contributed by atoms with van der Waals surface area (Å²) in [5.74, 6) is 0.899. The van der Waals surface area contributed by atoms with Gasteiger partial charge in [0.1, 0.15) is 11.7 Å². The molecular weight excluding hydrogens is 380 g/mol. The van der Waals surface area contributed by atoms with Gasteiger partial charge in [0.15, 0.2) is 0 Å². The molecule has 0 aromatic heterocycles. The van der Waals surface area contributed by atoms with E-state index in [0.29, 0.717) is 18.4 Å². The second-order valence-electron chi connectivity index (χ2n) is 9.85. The van der Waals surface area contributed by atoms with Crippen LogP contribution in [0.2, 0.25) is 0 Å². The lowest BCUT2D eigenvalue weighted by molar-refractivity contribution is -0.154. The summed E-state index contributed by atoms with van der Waals surface area (Å²) in [6.45, 7) is 15.3. The van der Waals surface area contributed by atoms with Crippen LogP contribution in [0, 0.1) is 16.7 Å². The molecule has 0 aliphatic carbocycles. The van der Waals surface area contributed by atoms with Crippen LogP contribution in [0.4, 0.5) is 0 Å². The molecule has 0 aliphatic rings. The van der Waals surface area contributed by atoms with Gasteiger partial charge in [-0.3, -0.25) is 9.59 Å². The zero-order valence-corrected chi connectivity index (χ0v) is 21.2. The Morgan fingerprint density at radius 3 is 2.14 bits per heavy atom. The van der Waals surface area contributed by atoms with Crippen molar-refractivity contribution in [2.75, 3.05) is 18.1 Å². The van der Waals surface area contributed by atoms with E-state index in [2.05, 4.69) is 41.5 Å². The number of unbranched alkanes of at least 4 members (excludes halogenated alkanes) is 4. The van der Waals surface area contributed by atoms with Crippen molar-refractivity contribution in [2.24, 2.45) is 16.7 Å². The summed E-state index contributed by atoms with van der Waals surface area (Å²) in [5, 5.41) is 0. The smallest absolute Gasteiger partial charge is 0.316 e. The fourth-order valence-corrected chi connectivity index (χ4v) is 4.68. The van der Waals surface area contributed by atoms with E-state index in [1.807, 2.05) is 11.8 Å².